The van der Waals surface area contributed by atoms with Crippen molar-refractivity contribution in [2.75, 3.05) is 56.2 Å². The van der Waals surface area contributed by atoms with Gasteiger partial charge in [0.1, 0.15) is 47.9 Å². The monoisotopic (exact) mass is 1050 g/mol. The summed E-state index contributed by atoms with van der Waals surface area (Å²) in [6.07, 6.45) is 19.2. The van der Waals surface area contributed by atoms with Gasteiger partial charge < -0.3 is 35.4 Å². The van der Waals surface area contributed by atoms with E-state index in [4.69, 9.17) is 20.9 Å². The average Bonchev–Trinajstić information content (AvgIpc) is 4.28. The summed E-state index contributed by atoms with van der Waals surface area (Å²) >= 11 is 0. The van der Waals surface area contributed by atoms with Crippen LogP contribution in [-0.4, -0.2) is 135 Å². The van der Waals surface area contributed by atoms with Gasteiger partial charge in [0, 0.05) is 73.6 Å². The van der Waals surface area contributed by atoms with Crippen molar-refractivity contribution < 1.29 is 47.3 Å². The van der Waals surface area contributed by atoms with E-state index in [9.17, 15) is 29.1 Å². The molecule has 6 aliphatic rings. The highest BCUT2D eigenvalue weighted by Gasteiger charge is 2.50. The summed E-state index contributed by atoms with van der Waals surface area (Å²) in [6, 6.07) is 10.1. The third-order valence-electron chi connectivity index (χ3n) is 16.4. The summed E-state index contributed by atoms with van der Waals surface area (Å²) in [6.45, 7) is 3.75. The maximum absolute atomic E-state index is 17.2. The van der Waals surface area contributed by atoms with E-state index >= 15 is 8.78 Å². The van der Waals surface area contributed by atoms with E-state index in [2.05, 4.69) is 47.0 Å². The number of unbranched alkanes of at least 4 members (excludes halogenated alkanes) is 6. The minimum atomic E-state index is -1.01. The zero-order chi connectivity index (χ0) is 53.4. The van der Waals surface area contributed by atoms with Crippen LogP contribution < -0.4 is 30.9 Å². The largest absolute Gasteiger partial charge is 0.508 e. The van der Waals surface area contributed by atoms with Crippen molar-refractivity contribution in [1.82, 2.24) is 40.7 Å². The van der Waals surface area contributed by atoms with Gasteiger partial charge in [-0.2, -0.15) is 9.97 Å². The molecule has 5 saturated heterocycles. The smallest absolute Gasteiger partial charge is 0.407 e. The number of fused-ring (bicyclic) bond motifs is 6. The summed E-state index contributed by atoms with van der Waals surface area (Å²) < 4.78 is 44.5. The van der Waals surface area contributed by atoms with Crippen molar-refractivity contribution in [3.05, 3.63) is 77.0 Å². The first-order valence-electron chi connectivity index (χ1n) is 27.1. The molecule has 77 heavy (non-hydrogen) atoms. The second-order valence-electron chi connectivity index (χ2n) is 21.3. The van der Waals surface area contributed by atoms with Crippen LogP contribution in [0.3, 0.4) is 0 Å². The van der Waals surface area contributed by atoms with Crippen LogP contribution in [-0.2, 0) is 14.3 Å². The number of imide groups is 2. The number of nitrogens with zero attached hydrogens (tertiary/aromatic N) is 6. The number of terminal acetylenes is 1. The van der Waals surface area contributed by atoms with Crippen LogP contribution in [0, 0.1) is 24.0 Å². The van der Waals surface area contributed by atoms with E-state index in [1.165, 1.54) is 30.5 Å². The lowest BCUT2D eigenvalue weighted by Crippen LogP contribution is -2.54. The van der Waals surface area contributed by atoms with E-state index in [0.717, 1.165) is 94.9 Å². The number of halogens is 2. The number of aromatic hydroxyl groups is 1. The van der Waals surface area contributed by atoms with Gasteiger partial charge in [0.05, 0.1) is 27.6 Å². The number of rotatable bonds is 19. The van der Waals surface area contributed by atoms with Crippen LogP contribution in [0.25, 0.3) is 32.9 Å². The van der Waals surface area contributed by atoms with E-state index in [1.807, 2.05) is 0 Å². The fraction of sp³-hybridized carbons (Fsp3) is 0.474. The quantitative estimate of drug-likeness (QED) is 0.0317. The summed E-state index contributed by atoms with van der Waals surface area (Å²) in [7, 11) is 0. The fourth-order valence-corrected chi connectivity index (χ4v) is 12.7. The maximum Gasteiger partial charge on any atom is 0.407 e. The third kappa shape index (κ3) is 10.2. The third-order valence-corrected chi connectivity index (χ3v) is 16.4. The summed E-state index contributed by atoms with van der Waals surface area (Å²) in [5.74, 6) is -0.780. The van der Waals surface area contributed by atoms with Crippen LogP contribution in [0.1, 0.15) is 123 Å². The molecule has 5 atom stereocenters. The van der Waals surface area contributed by atoms with Gasteiger partial charge in [-0.3, -0.25) is 39.3 Å². The summed E-state index contributed by atoms with van der Waals surface area (Å²) in [5.41, 5.74) is 0.624. The number of aromatic nitrogens is 3. The molecule has 0 aliphatic carbocycles. The Hall–Kier alpha value is -7.50. The minimum Gasteiger partial charge on any atom is -0.508 e. The Bertz CT molecular complexity index is 3210. The van der Waals surface area contributed by atoms with Crippen molar-refractivity contribution in [3.8, 4) is 35.4 Å². The van der Waals surface area contributed by atoms with Crippen molar-refractivity contribution in [2.45, 2.75) is 126 Å². The Morgan fingerprint density at radius 1 is 0.909 bits per heavy atom. The van der Waals surface area contributed by atoms with E-state index in [0.29, 0.717) is 48.5 Å². The molecule has 5 amide bonds. The molecule has 18 nitrogen and oxygen atoms in total. The maximum atomic E-state index is 17.2. The van der Waals surface area contributed by atoms with Crippen molar-refractivity contribution in [2.24, 2.45) is 0 Å². The Kier molecular flexibility index (Phi) is 14.6. The van der Waals surface area contributed by atoms with Crippen LogP contribution >= 0.6 is 0 Å². The molecule has 2 bridgehead atoms. The Balaban J connectivity index is 0.644. The second kappa shape index (κ2) is 21.9. The van der Waals surface area contributed by atoms with Gasteiger partial charge in [-0.25, -0.2) is 13.6 Å². The topological polar surface area (TPSA) is 221 Å². The van der Waals surface area contributed by atoms with Crippen LogP contribution in [0.5, 0.6) is 11.8 Å². The van der Waals surface area contributed by atoms with Crippen LogP contribution in [0.2, 0.25) is 0 Å². The number of pyridine rings is 1. The fourth-order valence-electron chi connectivity index (χ4n) is 12.7. The number of carbonyl (C=O) groups is 5. The lowest BCUT2D eigenvalue weighted by Gasteiger charge is -2.35. The SMILES string of the molecule is C#Cc1c(F)ccc2cc(O)cc(-c3ncc4c(N5CC6CCC(C5)N6)nc(OC[C@@]56CCCN5[C@H](COC(=O)NCCCCCCCCCNc5cccc7c5C(=O)N(C5CCC(=O)NC5=O)C7=O)CC6)nc4c3F)c12. The highest BCUT2D eigenvalue weighted by molar-refractivity contribution is 6.25. The first-order chi connectivity index (χ1) is 37.4. The van der Waals surface area contributed by atoms with Crippen molar-refractivity contribution in [1.29, 1.82) is 0 Å². The molecule has 402 valence electrons. The first kappa shape index (κ1) is 51.6. The lowest BCUT2D eigenvalue weighted by molar-refractivity contribution is -0.136. The van der Waals surface area contributed by atoms with Gasteiger partial charge in [0.25, 0.3) is 11.8 Å². The number of anilines is 2. The lowest BCUT2D eigenvalue weighted by atomic mass is 9.95. The second-order valence-corrected chi connectivity index (χ2v) is 21.3. The van der Waals surface area contributed by atoms with Gasteiger partial charge in [-0.15, -0.1) is 6.42 Å². The first-order valence-corrected chi connectivity index (χ1v) is 27.1. The number of alkyl carbamates (subject to hydrolysis) is 1. The Morgan fingerprint density at radius 2 is 1.69 bits per heavy atom. The highest BCUT2D eigenvalue weighted by atomic mass is 19.1. The number of amides is 5. The van der Waals surface area contributed by atoms with Crippen LogP contribution in [0.4, 0.5) is 25.1 Å². The number of ether oxygens (including phenoxy) is 2. The molecule has 6 aliphatic heterocycles. The van der Waals surface area contributed by atoms with E-state index < -0.39 is 47.4 Å². The molecule has 5 aromatic rings. The number of nitrogens with one attached hydrogen (secondary N) is 4. The molecular formula is C57H62F2N10O8. The summed E-state index contributed by atoms with van der Waals surface area (Å²) in [4.78, 5) is 83.1. The highest BCUT2D eigenvalue weighted by Crippen LogP contribution is 2.44. The van der Waals surface area contributed by atoms with Crippen molar-refractivity contribution >= 4 is 62.9 Å². The standard InChI is InChI=1S/C57H62F2N10O8/c1-2-38-42(58)17-14-33-26-37(70)27-40(46(33)38)49-48(59)50-41(28-62-49)51(67-29-34-15-16-35(30-67)63-34)66-55(65-50)77-32-57-21-11-25-68(57)36(20-22-57)31-76-56(75)61-24-9-7-5-3-4-6-8-23-60-43-13-10-12-39-47(43)54(74)69(53(39)73)44-18-19-45(71)64-52(44)72/h1,10,12-14,17,26-28,34-36,44,60,63,70H,3-9,11,15-16,18-25,29-32H2,(H,61,75)(H,64,71,72)/t34?,35?,36-,44?,57-/m0/s1. The summed E-state index contributed by atoms with van der Waals surface area (Å²) in [5, 5.41) is 23.9. The molecule has 0 spiro atoms. The molecule has 11 rings (SSSR count). The molecule has 2 aromatic heterocycles. The molecule has 5 N–H and O–H groups in total. The number of hydrogen-bond acceptors (Lipinski definition) is 15. The number of phenolic OH excluding ortho intramolecular Hbond substituents is 1. The zero-order valence-corrected chi connectivity index (χ0v) is 42.8. The Morgan fingerprint density at radius 3 is 2.47 bits per heavy atom. The predicted octanol–water partition coefficient (Wildman–Crippen LogP) is 7.10. The zero-order valence-electron chi connectivity index (χ0n) is 42.8. The predicted molar refractivity (Wildman–Crippen MR) is 282 cm³/mol. The molecular weight excluding hydrogens is 991 g/mol. The molecule has 8 heterocycles. The van der Waals surface area contributed by atoms with Gasteiger partial charge >= 0.3 is 12.1 Å². The van der Waals surface area contributed by atoms with Gasteiger partial charge in [-0.1, -0.05) is 50.2 Å². The number of piperazine rings is 1. The molecule has 20 heteroatoms. The normalized spacial score (nSPS) is 22.9. The van der Waals surface area contributed by atoms with Gasteiger partial charge in [-0.05, 0) is 100 Å². The van der Waals surface area contributed by atoms with Crippen LogP contribution in [0.15, 0.2) is 48.7 Å². The molecule has 0 saturated carbocycles. The number of carbonyl (C=O) groups excluding carboxylic acids is 5. The molecule has 5 fully saturated rings. The van der Waals surface area contributed by atoms with Gasteiger partial charge in [0.2, 0.25) is 11.8 Å². The van der Waals surface area contributed by atoms with Gasteiger partial charge in [0.15, 0.2) is 5.82 Å². The molecule has 0 radical (unpaired) electrons. The average molecular weight is 1050 g/mol. The number of phenols is 1. The minimum absolute atomic E-state index is 0.00271. The Labute approximate surface area is 444 Å². The van der Waals surface area contributed by atoms with E-state index in [-0.39, 0.29) is 100 Å². The molecule has 3 aromatic carbocycles. The number of benzene rings is 3. The van der Waals surface area contributed by atoms with Crippen molar-refractivity contribution in [3.63, 3.8) is 0 Å². The van der Waals surface area contributed by atoms with E-state index in [1.54, 1.807) is 18.2 Å². The number of piperidine rings is 1. The molecule has 3 unspecified atom stereocenters. The number of hydrogen-bond donors (Lipinski definition) is 5.